The molecule has 0 bridgehead atoms. The Balaban J connectivity index is 2.32. The van der Waals surface area contributed by atoms with E-state index in [9.17, 15) is 14.9 Å². The van der Waals surface area contributed by atoms with E-state index in [0.29, 0.717) is 12.1 Å². The maximum atomic E-state index is 12.5. The molecule has 6 nitrogen and oxygen atoms in total. The lowest BCUT2D eigenvalue weighted by Gasteiger charge is -2.34. The summed E-state index contributed by atoms with van der Waals surface area (Å²) in [6.45, 7) is 5.90. The van der Waals surface area contributed by atoms with E-state index in [0.717, 1.165) is 18.7 Å². The number of aryl methyl sites for hydroxylation is 1. The average Bonchev–Trinajstić information content (AvgIpc) is 2.38. The van der Waals surface area contributed by atoms with Gasteiger partial charge in [-0.1, -0.05) is 6.07 Å². The van der Waals surface area contributed by atoms with E-state index in [4.69, 9.17) is 0 Å². The van der Waals surface area contributed by atoms with E-state index in [1.165, 1.54) is 12.1 Å². The van der Waals surface area contributed by atoms with Crippen LogP contribution in [0.5, 0.6) is 0 Å². The Morgan fingerprint density at radius 2 is 2.26 bits per heavy atom. The molecule has 0 aliphatic carbocycles. The summed E-state index contributed by atoms with van der Waals surface area (Å²) in [6, 6.07) is 4.51. The zero-order valence-electron chi connectivity index (χ0n) is 11.0. The Morgan fingerprint density at radius 1 is 1.53 bits per heavy atom. The first kappa shape index (κ1) is 13.5. The van der Waals surface area contributed by atoms with Gasteiger partial charge in [0.05, 0.1) is 4.92 Å². The fourth-order valence-electron chi connectivity index (χ4n) is 2.25. The van der Waals surface area contributed by atoms with Crippen LogP contribution in [-0.2, 0) is 0 Å². The second-order valence-corrected chi connectivity index (χ2v) is 4.81. The summed E-state index contributed by atoms with van der Waals surface area (Å²) < 4.78 is 0. The van der Waals surface area contributed by atoms with Crippen LogP contribution in [0.3, 0.4) is 0 Å². The van der Waals surface area contributed by atoms with Crippen LogP contribution in [0.4, 0.5) is 5.69 Å². The zero-order valence-corrected chi connectivity index (χ0v) is 11.0. The molecule has 1 heterocycles. The lowest BCUT2D eigenvalue weighted by atomic mass is 10.0. The van der Waals surface area contributed by atoms with Gasteiger partial charge in [-0.15, -0.1) is 0 Å². The number of nitro benzene ring substituents is 1. The topological polar surface area (TPSA) is 75.5 Å². The fraction of sp³-hybridized carbons (Fsp3) is 0.462. The van der Waals surface area contributed by atoms with Crippen LogP contribution >= 0.6 is 0 Å². The molecular formula is C13H17N3O3. The molecule has 0 aromatic heterocycles. The molecular weight excluding hydrogens is 246 g/mol. The molecule has 1 aromatic carbocycles. The molecule has 102 valence electrons. The van der Waals surface area contributed by atoms with Crippen molar-refractivity contribution in [2.45, 2.75) is 19.9 Å². The maximum Gasteiger partial charge on any atom is 0.270 e. The van der Waals surface area contributed by atoms with Gasteiger partial charge < -0.3 is 10.2 Å². The third-order valence-corrected chi connectivity index (χ3v) is 3.42. The molecule has 0 spiro atoms. The number of nitrogens with one attached hydrogen (secondary N) is 1. The summed E-state index contributed by atoms with van der Waals surface area (Å²) >= 11 is 0. The number of amides is 1. The minimum Gasteiger partial charge on any atom is -0.333 e. The van der Waals surface area contributed by atoms with E-state index in [1.807, 2.05) is 6.92 Å². The van der Waals surface area contributed by atoms with Gasteiger partial charge in [0, 0.05) is 43.4 Å². The molecule has 1 aromatic rings. The second kappa shape index (κ2) is 5.36. The molecule has 0 radical (unpaired) electrons. The highest BCUT2D eigenvalue weighted by molar-refractivity contribution is 5.96. The Bertz CT molecular complexity index is 516. The van der Waals surface area contributed by atoms with Gasteiger partial charge in [0.15, 0.2) is 0 Å². The van der Waals surface area contributed by atoms with E-state index in [1.54, 1.807) is 17.9 Å². The molecule has 1 atom stereocenters. The predicted molar refractivity (Wildman–Crippen MR) is 71.2 cm³/mol. The summed E-state index contributed by atoms with van der Waals surface area (Å²) in [7, 11) is 0. The van der Waals surface area contributed by atoms with Crippen molar-refractivity contribution in [3.8, 4) is 0 Å². The number of benzene rings is 1. The van der Waals surface area contributed by atoms with Crippen molar-refractivity contribution in [1.82, 2.24) is 10.2 Å². The fourth-order valence-corrected chi connectivity index (χ4v) is 2.25. The number of hydrogen-bond donors (Lipinski definition) is 1. The summed E-state index contributed by atoms with van der Waals surface area (Å²) in [5, 5.41) is 14.0. The van der Waals surface area contributed by atoms with Gasteiger partial charge in [-0.2, -0.15) is 0 Å². The van der Waals surface area contributed by atoms with Gasteiger partial charge in [0.25, 0.3) is 11.6 Å². The molecule has 1 aliphatic heterocycles. The SMILES string of the molecule is Cc1ccc([N+](=O)[O-])cc1C(=O)N1CCNC[C@@H]1C. The highest BCUT2D eigenvalue weighted by Crippen LogP contribution is 2.20. The van der Waals surface area contributed by atoms with E-state index >= 15 is 0 Å². The first-order valence-electron chi connectivity index (χ1n) is 6.27. The van der Waals surface area contributed by atoms with Crippen molar-refractivity contribution in [2.24, 2.45) is 0 Å². The number of nitro groups is 1. The minimum atomic E-state index is -0.475. The van der Waals surface area contributed by atoms with Gasteiger partial charge in [-0.25, -0.2) is 0 Å². The molecule has 0 unspecified atom stereocenters. The number of piperazine rings is 1. The molecule has 1 amide bonds. The Labute approximate surface area is 111 Å². The van der Waals surface area contributed by atoms with Crippen LogP contribution in [0.1, 0.15) is 22.8 Å². The third-order valence-electron chi connectivity index (χ3n) is 3.42. The Hall–Kier alpha value is -1.95. The lowest BCUT2D eigenvalue weighted by molar-refractivity contribution is -0.384. The molecule has 1 aliphatic rings. The number of rotatable bonds is 2. The smallest absolute Gasteiger partial charge is 0.270 e. The van der Waals surface area contributed by atoms with Gasteiger partial charge >= 0.3 is 0 Å². The molecule has 1 N–H and O–H groups in total. The van der Waals surface area contributed by atoms with Crippen molar-refractivity contribution in [1.29, 1.82) is 0 Å². The predicted octanol–water partition coefficient (Wildman–Crippen LogP) is 1.34. The van der Waals surface area contributed by atoms with E-state index in [-0.39, 0.29) is 17.6 Å². The van der Waals surface area contributed by atoms with Crippen molar-refractivity contribution in [2.75, 3.05) is 19.6 Å². The summed E-state index contributed by atoms with van der Waals surface area (Å²) in [6.07, 6.45) is 0. The molecule has 1 fully saturated rings. The summed E-state index contributed by atoms with van der Waals surface area (Å²) in [5.74, 6) is -0.129. The van der Waals surface area contributed by atoms with Gasteiger partial charge in [-0.05, 0) is 19.4 Å². The third kappa shape index (κ3) is 2.73. The highest BCUT2D eigenvalue weighted by atomic mass is 16.6. The largest absolute Gasteiger partial charge is 0.333 e. The van der Waals surface area contributed by atoms with Crippen molar-refractivity contribution >= 4 is 11.6 Å². The van der Waals surface area contributed by atoms with Gasteiger partial charge in [0.2, 0.25) is 0 Å². The molecule has 0 saturated carbocycles. The first-order valence-corrected chi connectivity index (χ1v) is 6.27. The number of carbonyl (C=O) groups is 1. The Kier molecular flexibility index (Phi) is 3.80. The first-order chi connectivity index (χ1) is 9.00. The lowest BCUT2D eigenvalue weighted by Crippen LogP contribution is -2.52. The number of non-ortho nitro benzene ring substituents is 1. The van der Waals surface area contributed by atoms with Crippen molar-refractivity contribution in [3.05, 3.63) is 39.4 Å². The monoisotopic (exact) mass is 263 g/mol. The second-order valence-electron chi connectivity index (χ2n) is 4.81. The number of hydrogen-bond acceptors (Lipinski definition) is 4. The summed E-state index contributed by atoms with van der Waals surface area (Å²) in [4.78, 5) is 24.6. The summed E-state index contributed by atoms with van der Waals surface area (Å²) in [5.41, 5.74) is 1.14. The molecule has 6 heteroatoms. The van der Waals surface area contributed by atoms with E-state index < -0.39 is 4.92 Å². The highest BCUT2D eigenvalue weighted by Gasteiger charge is 2.26. The van der Waals surface area contributed by atoms with Crippen LogP contribution < -0.4 is 5.32 Å². The van der Waals surface area contributed by atoms with Crippen LogP contribution in [0.25, 0.3) is 0 Å². The zero-order chi connectivity index (χ0) is 14.0. The average molecular weight is 263 g/mol. The Morgan fingerprint density at radius 3 is 2.89 bits per heavy atom. The molecule has 1 saturated heterocycles. The quantitative estimate of drug-likeness (QED) is 0.645. The van der Waals surface area contributed by atoms with Gasteiger partial charge in [0.1, 0.15) is 0 Å². The standard InChI is InChI=1S/C13H17N3O3/c1-9-3-4-11(16(18)19)7-12(9)13(17)15-6-5-14-8-10(15)2/h3-4,7,10,14H,5-6,8H2,1-2H3/t10-/m0/s1. The van der Waals surface area contributed by atoms with Crippen LogP contribution in [0, 0.1) is 17.0 Å². The van der Waals surface area contributed by atoms with E-state index in [2.05, 4.69) is 5.32 Å². The minimum absolute atomic E-state index is 0.0447. The molecule has 19 heavy (non-hydrogen) atoms. The van der Waals surface area contributed by atoms with Crippen LogP contribution in [0.2, 0.25) is 0 Å². The van der Waals surface area contributed by atoms with Crippen LogP contribution in [0.15, 0.2) is 18.2 Å². The normalized spacial score (nSPS) is 19.3. The molecule has 2 rings (SSSR count). The number of carbonyl (C=O) groups excluding carboxylic acids is 1. The van der Waals surface area contributed by atoms with Crippen molar-refractivity contribution in [3.63, 3.8) is 0 Å². The number of nitrogens with zero attached hydrogens (tertiary/aromatic N) is 2. The van der Waals surface area contributed by atoms with Gasteiger partial charge in [-0.3, -0.25) is 14.9 Å². The van der Waals surface area contributed by atoms with Crippen LogP contribution in [-0.4, -0.2) is 41.4 Å². The van der Waals surface area contributed by atoms with Crippen molar-refractivity contribution < 1.29 is 9.72 Å². The maximum absolute atomic E-state index is 12.5.